The van der Waals surface area contributed by atoms with Crippen LogP contribution in [0.1, 0.15) is 44.4 Å². The fourth-order valence-electron chi connectivity index (χ4n) is 8.47. The molecule has 1 unspecified atom stereocenters. The minimum absolute atomic E-state index is 0.318. The molecule has 10 rings (SSSR count). The molecule has 246 valence electrons. The Morgan fingerprint density at radius 3 is 2.04 bits per heavy atom. The highest BCUT2D eigenvalue weighted by molar-refractivity contribution is 6.29. The Hall–Kier alpha value is -6.19. The Morgan fingerprint density at radius 2 is 1.29 bits per heavy atom. The van der Waals surface area contributed by atoms with Gasteiger partial charge < -0.3 is 9.13 Å². The Bertz CT molecular complexity index is 2830. The first-order valence-electron chi connectivity index (χ1n) is 18.0. The minimum atomic E-state index is 0.318. The van der Waals surface area contributed by atoms with E-state index in [0.717, 1.165) is 12.0 Å². The van der Waals surface area contributed by atoms with E-state index in [2.05, 4.69) is 167 Å². The van der Waals surface area contributed by atoms with Gasteiger partial charge in [-0.25, -0.2) is 0 Å². The van der Waals surface area contributed by atoms with Crippen molar-refractivity contribution in [3.63, 3.8) is 0 Å². The van der Waals surface area contributed by atoms with Crippen LogP contribution in [0.15, 0.2) is 157 Å². The van der Waals surface area contributed by atoms with Crippen LogP contribution in [0.5, 0.6) is 0 Å². The van der Waals surface area contributed by atoms with E-state index in [1.807, 2.05) is 20.1 Å². The Balaban J connectivity index is 0.00000171. The van der Waals surface area contributed by atoms with Gasteiger partial charge in [-0.2, -0.15) is 0 Å². The van der Waals surface area contributed by atoms with Crippen molar-refractivity contribution >= 4 is 71.7 Å². The number of rotatable bonds is 5. The van der Waals surface area contributed by atoms with Gasteiger partial charge in [-0.15, -0.1) is 0 Å². The molecule has 3 nitrogen and oxygen atoms in total. The van der Waals surface area contributed by atoms with Gasteiger partial charge in [0, 0.05) is 56.0 Å². The number of para-hydroxylation sites is 2. The van der Waals surface area contributed by atoms with Gasteiger partial charge >= 0.3 is 0 Å². The number of hydrogen-bond acceptors (Lipinski definition) is 1. The van der Waals surface area contributed by atoms with Crippen LogP contribution in [-0.4, -0.2) is 15.3 Å². The first-order valence-corrected chi connectivity index (χ1v) is 18.0. The summed E-state index contributed by atoms with van der Waals surface area (Å²) in [4.78, 5) is 4.39. The number of fused-ring (bicyclic) bond motifs is 6. The molecule has 0 spiro atoms. The summed E-state index contributed by atoms with van der Waals surface area (Å²) in [5.74, 6) is 0. The average molecular weight is 658 g/mol. The molecule has 2 aliphatic carbocycles. The predicted octanol–water partition coefficient (Wildman–Crippen LogP) is 13.3. The van der Waals surface area contributed by atoms with Crippen molar-refractivity contribution < 1.29 is 0 Å². The SMILES string of the molecule is C=CN=CC1=C(C)c2cccc3c(-n4c5ccccc5c5cc(-c6ccc7c(c6)c6ccccc6n7C6C=CC=CC6)ccc54)ccc1c23.CC. The van der Waals surface area contributed by atoms with Crippen LogP contribution in [-0.2, 0) is 0 Å². The van der Waals surface area contributed by atoms with Crippen molar-refractivity contribution in [1.82, 2.24) is 9.13 Å². The second-order valence-corrected chi connectivity index (χ2v) is 13.2. The molecule has 2 aliphatic rings. The molecular weight excluding hydrogens is 619 g/mol. The Morgan fingerprint density at radius 1 is 0.647 bits per heavy atom. The molecule has 1 atom stereocenters. The Kier molecular flexibility index (Phi) is 7.43. The van der Waals surface area contributed by atoms with E-state index in [9.17, 15) is 0 Å². The van der Waals surface area contributed by atoms with Crippen LogP contribution in [0.2, 0.25) is 0 Å². The number of hydrogen-bond donors (Lipinski definition) is 0. The molecule has 0 amide bonds. The third-order valence-corrected chi connectivity index (χ3v) is 10.7. The molecular formula is C48H39N3. The molecule has 0 N–H and O–H groups in total. The van der Waals surface area contributed by atoms with Gasteiger partial charge in [0.15, 0.2) is 0 Å². The zero-order valence-electron chi connectivity index (χ0n) is 29.3. The monoisotopic (exact) mass is 657 g/mol. The average Bonchev–Trinajstić information content (AvgIpc) is 3.80. The molecule has 2 heterocycles. The summed E-state index contributed by atoms with van der Waals surface area (Å²) >= 11 is 0. The maximum Gasteiger partial charge on any atom is 0.0560 e. The predicted molar refractivity (Wildman–Crippen MR) is 221 cm³/mol. The number of aromatic nitrogens is 2. The normalized spacial score (nSPS) is 15.2. The topological polar surface area (TPSA) is 22.2 Å². The molecule has 0 fully saturated rings. The lowest BCUT2D eigenvalue weighted by atomic mass is 10.00. The van der Waals surface area contributed by atoms with Crippen LogP contribution in [0.3, 0.4) is 0 Å². The summed E-state index contributed by atoms with van der Waals surface area (Å²) in [6.45, 7) is 9.99. The maximum atomic E-state index is 4.39. The summed E-state index contributed by atoms with van der Waals surface area (Å²) in [5, 5.41) is 7.64. The molecule has 0 aliphatic heterocycles. The molecule has 51 heavy (non-hydrogen) atoms. The van der Waals surface area contributed by atoms with Crippen LogP contribution < -0.4 is 0 Å². The van der Waals surface area contributed by atoms with E-state index < -0.39 is 0 Å². The lowest BCUT2D eigenvalue weighted by Crippen LogP contribution is -2.06. The van der Waals surface area contributed by atoms with Gasteiger partial charge in [0.05, 0.1) is 22.8 Å². The first-order chi connectivity index (χ1) is 25.2. The van der Waals surface area contributed by atoms with E-state index in [4.69, 9.17) is 0 Å². The van der Waals surface area contributed by atoms with Gasteiger partial charge in [-0.1, -0.05) is 118 Å². The van der Waals surface area contributed by atoms with Crippen LogP contribution in [0.4, 0.5) is 0 Å². The van der Waals surface area contributed by atoms with E-state index in [1.165, 1.54) is 87.9 Å². The molecule has 8 aromatic rings. The second kappa shape index (κ2) is 12.3. The van der Waals surface area contributed by atoms with Crippen LogP contribution in [0.25, 0.3) is 82.3 Å². The smallest absolute Gasteiger partial charge is 0.0560 e. The minimum Gasteiger partial charge on any atom is -0.333 e. The standard InChI is InChI=1S/C46H33N3.C2H6/c1-3-47-28-40-29(2)33-16-11-17-37-43(25-22-36(40)46(33)37)49-42-19-10-8-15-35(42)39-27-31(21-24-45(39)49)30-20-23-44-38(26-30)34-14-7-9-18-41(34)48(44)32-12-5-4-6-13-32;1-2/h3-12,14-28,32H,1,13H2,2H3;1-2H3. The maximum absolute atomic E-state index is 4.39. The largest absolute Gasteiger partial charge is 0.333 e. The quantitative estimate of drug-likeness (QED) is 0.164. The number of aliphatic imine (C=N–C) groups is 1. The van der Waals surface area contributed by atoms with Crippen LogP contribution in [0, 0.1) is 0 Å². The van der Waals surface area contributed by atoms with Crippen molar-refractivity contribution in [2.45, 2.75) is 33.2 Å². The fourth-order valence-corrected chi connectivity index (χ4v) is 8.47. The van der Waals surface area contributed by atoms with Crippen LogP contribution >= 0.6 is 0 Å². The summed E-state index contributed by atoms with van der Waals surface area (Å²) < 4.78 is 4.96. The molecule has 0 bridgehead atoms. The van der Waals surface area contributed by atoms with E-state index >= 15 is 0 Å². The summed E-state index contributed by atoms with van der Waals surface area (Å²) in [6, 6.07) is 43.2. The third kappa shape index (κ3) is 4.62. The molecule has 0 radical (unpaired) electrons. The lowest BCUT2D eigenvalue weighted by molar-refractivity contribution is 0.648. The lowest BCUT2D eigenvalue weighted by Gasteiger charge is -2.18. The van der Waals surface area contributed by atoms with Crippen molar-refractivity contribution in [3.05, 3.63) is 163 Å². The second-order valence-electron chi connectivity index (χ2n) is 13.2. The number of benzene rings is 6. The van der Waals surface area contributed by atoms with Gasteiger partial charge in [0.2, 0.25) is 0 Å². The summed E-state index contributed by atoms with van der Waals surface area (Å²) in [7, 11) is 0. The van der Waals surface area contributed by atoms with Gasteiger partial charge in [0.1, 0.15) is 0 Å². The highest BCUT2D eigenvalue weighted by atomic mass is 15.0. The molecule has 0 saturated heterocycles. The van der Waals surface area contributed by atoms with E-state index in [-0.39, 0.29) is 0 Å². The number of nitrogens with zero attached hydrogens (tertiary/aromatic N) is 3. The zero-order chi connectivity index (χ0) is 34.6. The van der Waals surface area contributed by atoms with Crippen molar-refractivity contribution in [2.75, 3.05) is 0 Å². The van der Waals surface area contributed by atoms with Gasteiger partial charge in [-0.3, -0.25) is 4.99 Å². The molecule has 6 aromatic carbocycles. The Labute approximate surface area is 298 Å². The van der Waals surface area contributed by atoms with Crippen molar-refractivity contribution in [1.29, 1.82) is 0 Å². The zero-order valence-corrected chi connectivity index (χ0v) is 29.3. The fraction of sp³-hybridized carbons (Fsp3) is 0.104. The van der Waals surface area contributed by atoms with Gasteiger partial charge in [0.25, 0.3) is 0 Å². The highest BCUT2D eigenvalue weighted by Crippen LogP contribution is 2.45. The number of allylic oxidation sites excluding steroid dienone is 6. The molecule has 3 heteroatoms. The highest BCUT2D eigenvalue weighted by Gasteiger charge is 2.24. The summed E-state index contributed by atoms with van der Waals surface area (Å²) in [6.07, 6.45) is 13.5. The van der Waals surface area contributed by atoms with Gasteiger partial charge in [-0.05, 0) is 89.0 Å². The van der Waals surface area contributed by atoms with E-state index in [0.29, 0.717) is 6.04 Å². The van der Waals surface area contributed by atoms with Crippen molar-refractivity contribution in [3.8, 4) is 16.8 Å². The molecule has 2 aromatic heterocycles. The van der Waals surface area contributed by atoms with Crippen molar-refractivity contribution in [2.24, 2.45) is 4.99 Å². The summed E-state index contributed by atoms with van der Waals surface area (Å²) in [5.41, 5.74) is 13.5. The third-order valence-electron chi connectivity index (χ3n) is 10.7. The van der Waals surface area contributed by atoms with E-state index in [1.54, 1.807) is 6.20 Å². The first kappa shape index (κ1) is 30.8. The molecule has 0 saturated carbocycles.